The lowest BCUT2D eigenvalue weighted by atomic mass is 10.0. The van der Waals surface area contributed by atoms with Gasteiger partial charge in [0, 0.05) is 11.3 Å². The fourth-order valence-electron chi connectivity index (χ4n) is 3.18. The molecule has 0 heterocycles. The predicted octanol–water partition coefficient (Wildman–Crippen LogP) is 5.34. The van der Waals surface area contributed by atoms with E-state index in [2.05, 4.69) is 10.0 Å². The number of hydrogen-bond donors (Lipinski definition) is 2. The number of carbonyl (C=O) groups is 1. The minimum atomic E-state index is -3.98. The van der Waals surface area contributed by atoms with Crippen molar-refractivity contribution in [2.24, 2.45) is 0 Å². The van der Waals surface area contributed by atoms with Crippen LogP contribution in [0.3, 0.4) is 0 Å². The fourth-order valence-corrected chi connectivity index (χ4v) is 4.77. The molecule has 0 aliphatic carbocycles. The van der Waals surface area contributed by atoms with Gasteiger partial charge in [-0.1, -0.05) is 48.4 Å². The third kappa shape index (κ3) is 5.60. The third-order valence-corrected chi connectivity index (χ3v) is 6.88. The topological polar surface area (TPSA) is 84.5 Å². The summed E-state index contributed by atoms with van der Waals surface area (Å²) in [6.07, 6.45) is 0.659. The zero-order chi connectivity index (χ0) is 23.3. The Morgan fingerprint density at radius 3 is 2.28 bits per heavy atom. The summed E-state index contributed by atoms with van der Waals surface area (Å²) in [5.41, 5.74) is 2.54. The van der Waals surface area contributed by atoms with E-state index >= 15 is 0 Å². The molecule has 0 aliphatic heterocycles. The van der Waals surface area contributed by atoms with Crippen molar-refractivity contribution in [1.82, 2.24) is 5.32 Å². The number of amides is 1. The van der Waals surface area contributed by atoms with Crippen LogP contribution in [0.25, 0.3) is 0 Å². The maximum absolute atomic E-state index is 12.9. The molecule has 0 saturated heterocycles. The number of nitrogens with one attached hydrogen (secondary N) is 2. The van der Waals surface area contributed by atoms with Crippen LogP contribution in [0.1, 0.15) is 40.9 Å². The van der Waals surface area contributed by atoms with Gasteiger partial charge < -0.3 is 10.1 Å². The molecular formula is C24H25ClN2O4S. The Bertz CT molecular complexity index is 1190. The molecule has 2 N–H and O–H groups in total. The number of sulfonamides is 1. The van der Waals surface area contributed by atoms with E-state index in [0.717, 1.165) is 16.9 Å². The van der Waals surface area contributed by atoms with Crippen molar-refractivity contribution in [2.75, 3.05) is 11.8 Å². The van der Waals surface area contributed by atoms with E-state index in [0.29, 0.717) is 12.1 Å². The lowest BCUT2D eigenvalue weighted by molar-refractivity contribution is 0.0935. The summed E-state index contributed by atoms with van der Waals surface area (Å²) < 4.78 is 33.5. The number of rotatable bonds is 8. The number of ether oxygens (including phenoxy) is 1. The van der Waals surface area contributed by atoms with E-state index in [9.17, 15) is 13.2 Å². The van der Waals surface area contributed by atoms with Gasteiger partial charge in [0.25, 0.3) is 15.9 Å². The van der Waals surface area contributed by atoms with Gasteiger partial charge in [-0.15, -0.1) is 0 Å². The van der Waals surface area contributed by atoms with Crippen molar-refractivity contribution in [3.8, 4) is 5.75 Å². The molecule has 0 radical (unpaired) electrons. The number of carbonyl (C=O) groups excluding carboxylic acids is 1. The number of benzene rings is 3. The standard InChI is InChI=1S/C24H25ClN2O4S/c1-4-22(17-7-12-20(31-3)13-8-17)26-24(28)18-9-14-21(25)23(15-18)32(29,30)27-19-10-5-16(2)6-11-19/h5-15,22,27H,4H2,1-3H3,(H,26,28). The smallest absolute Gasteiger partial charge is 0.263 e. The van der Waals surface area contributed by atoms with Crippen molar-refractivity contribution in [1.29, 1.82) is 0 Å². The van der Waals surface area contributed by atoms with Crippen LogP contribution in [0.5, 0.6) is 5.75 Å². The van der Waals surface area contributed by atoms with Gasteiger partial charge in [-0.05, 0) is 61.4 Å². The molecule has 0 fully saturated rings. The number of anilines is 1. The summed E-state index contributed by atoms with van der Waals surface area (Å²) in [5, 5.41) is 2.98. The van der Waals surface area contributed by atoms with Gasteiger partial charge in [-0.3, -0.25) is 9.52 Å². The Labute approximate surface area is 193 Å². The lowest BCUT2D eigenvalue weighted by Gasteiger charge is -2.18. The summed E-state index contributed by atoms with van der Waals surface area (Å²) in [7, 11) is -2.39. The molecule has 0 saturated carbocycles. The minimum Gasteiger partial charge on any atom is -0.497 e. The first kappa shape index (κ1) is 23.6. The number of halogens is 1. The molecule has 1 atom stereocenters. The minimum absolute atomic E-state index is 0.0309. The van der Waals surface area contributed by atoms with Gasteiger partial charge in [-0.2, -0.15) is 0 Å². The van der Waals surface area contributed by atoms with E-state index < -0.39 is 15.9 Å². The highest BCUT2D eigenvalue weighted by atomic mass is 35.5. The molecular weight excluding hydrogens is 448 g/mol. The number of aryl methyl sites for hydroxylation is 1. The molecule has 32 heavy (non-hydrogen) atoms. The van der Waals surface area contributed by atoms with E-state index in [1.165, 1.54) is 18.2 Å². The van der Waals surface area contributed by atoms with Gasteiger partial charge in [0.05, 0.1) is 18.2 Å². The first-order chi connectivity index (χ1) is 15.2. The molecule has 3 aromatic carbocycles. The van der Waals surface area contributed by atoms with Crippen LogP contribution in [0, 0.1) is 6.92 Å². The van der Waals surface area contributed by atoms with Crippen molar-refractivity contribution < 1.29 is 17.9 Å². The average molecular weight is 473 g/mol. The maximum Gasteiger partial charge on any atom is 0.263 e. The molecule has 0 aromatic heterocycles. The van der Waals surface area contributed by atoms with Crippen LogP contribution >= 0.6 is 11.6 Å². The molecule has 3 aromatic rings. The second kappa shape index (κ2) is 10.1. The van der Waals surface area contributed by atoms with Gasteiger partial charge >= 0.3 is 0 Å². The highest BCUT2D eigenvalue weighted by Crippen LogP contribution is 2.26. The Hall–Kier alpha value is -3.03. The molecule has 0 bridgehead atoms. The summed E-state index contributed by atoms with van der Waals surface area (Å²) in [6.45, 7) is 3.87. The fraction of sp³-hybridized carbons (Fsp3) is 0.208. The van der Waals surface area contributed by atoms with E-state index in [1.807, 2.05) is 38.1 Å². The molecule has 0 spiro atoms. The van der Waals surface area contributed by atoms with E-state index in [1.54, 1.807) is 31.4 Å². The van der Waals surface area contributed by atoms with Crippen molar-refractivity contribution in [3.63, 3.8) is 0 Å². The van der Waals surface area contributed by atoms with E-state index in [4.69, 9.17) is 16.3 Å². The second-order valence-electron chi connectivity index (χ2n) is 7.32. The normalized spacial score (nSPS) is 12.1. The summed E-state index contributed by atoms with van der Waals surface area (Å²) in [5.74, 6) is 0.333. The molecule has 8 heteroatoms. The molecule has 1 amide bonds. The zero-order valence-corrected chi connectivity index (χ0v) is 19.6. The molecule has 1 unspecified atom stereocenters. The van der Waals surface area contributed by atoms with Crippen molar-refractivity contribution in [3.05, 3.63) is 88.4 Å². The van der Waals surface area contributed by atoms with Gasteiger partial charge in [-0.25, -0.2) is 8.42 Å². The predicted molar refractivity (Wildman–Crippen MR) is 127 cm³/mol. The maximum atomic E-state index is 12.9. The second-order valence-corrected chi connectivity index (χ2v) is 9.38. The van der Waals surface area contributed by atoms with Gasteiger partial charge in [0.2, 0.25) is 0 Å². The van der Waals surface area contributed by atoms with Crippen molar-refractivity contribution >= 4 is 33.2 Å². The Morgan fingerprint density at radius 1 is 1.03 bits per heavy atom. The average Bonchev–Trinajstić information content (AvgIpc) is 2.79. The zero-order valence-electron chi connectivity index (χ0n) is 18.1. The Kier molecular flexibility index (Phi) is 7.43. The SMILES string of the molecule is CCC(NC(=O)c1ccc(Cl)c(S(=O)(=O)Nc2ccc(C)cc2)c1)c1ccc(OC)cc1. The molecule has 168 valence electrons. The van der Waals surface area contributed by atoms with E-state index in [-0.39, 0.29) is 21.5 Å². The summed E-state index contributed by atoms with van der Waals surface area (Å²) in [4.78, 5) is 12.7. The van der Waals surface area contributed by atoms with Crippen LogP contribution in [-0.2, 0) is 10.0 Å². The van der Waals surface area contributed by atoms with Crippen LogP contribution in [-0.4, -0.2) is 21.4 Å². The Morgan fingerprint density at radius 2 is 1.69 bits per heavy atom. The monoisotopic (exact) mass is 472 g/mol. The van der Waals surface area contributed by atoms with Gasteiger partial charge in [0.15, 0.2) is 0 Å². The quantitative estimate of drug-likeness (QED) is 0.463. The number of methoxy groups -OCH3 is 1. The summed E-state index contributed by atoms with van der Waals surface area (Å²) >= 11 is 6.17. The highest BCUT2D eigenvalue weighted by molar-refractivity contribution is 7.92. The van der Waals surface area contributed by atoms with Crippen LogP contribution in [0.4, 0.5) is 5.69 Å². The van der Waals surface area contributed by atoms with Gasteiger partial charge in [0.1, 0.15) is 10.6 Å². The van der Waals surface area contributed by atoms with Crippen molar-refractivity contribution in [2.45, 2.75) is 31.2 Å². The van der Waals surface area contributed by atoms with Crippen LogP contribution in [0.15, 0.2) is 71.6 Å². The molecule has 3 rings (SSSR count). The van der Waals surface area contributed by atoms with Crippen LogP contribution < -0.4 is 14.8 Å². The third-order valence-electron chi connectivity index (χ3n) is 5.02. The molecule has 6 nitrogen and oxygen atoms in total. The summed E-state index contributed by atoms with van der Waals surface area (Å²) in [6, 6.07) is 18.3. The Balaban J connectivity index is 1.83. The lowest BCUT2D eigenvalue weighted by Crippen LogP contribution is -2.28. The molecule has 0 aliphatic rings. The van der Waals surface area contributed by atoms with Crippen LogP contribution in [0.2, 0.25) is 5.02 Å². The largest absolute Gasteiger partial charge is 0.497 e. The first-order valence-corrected chi connectivity index (χ1v) is 11.9. The highest BCUT2D eigenvalue weighted by Gasteiger charge is 2.22. The first-order valence-electron chi connectivity index (χ1n) is 10.1. The number of hydrogen-bond acceptors (Lipinski definition) is 4.